The van der Waals surface area contributed by atoms with E-state index in [2.05, 4.69) is 26.2 Å². The predicted octanol–water partition coefficient (Wildman–Crippen LogP) is 1.71. The van der Waals surface area contributed by atoms with Gasteiger partial charge in [0.05, 0.1) is 4.92 Å². The molecule has 20 heavy (non-hydrogen) atoms. The molecule has 0 spiro atoms. The second-order valence-electron chi connectivity index (χ2n) is 4.63. The zero-order valence-electron chi connectivity index (χ0n) is 11.0. The van der Waals surface area contributed by atoms with Crippen LogP contribution in [-0.4, -0.2) is 36.0 Å². The molecule has 0 aliphatic carbocycles. The van der Waals surface area contributed by atoms with Gasteiger partial charge >= 0.3 is 5.69 Å². The lowest BCUT2D eigenvalue weighted by molar-refractivity contribution is -0.384. The highest BCUT2D eigenvalue weighted by molar-refractivity contribution is 9.10. The largest absolute Gasteiger partial charge is 0.359 e. The first-order valence-electron chi connectivity index (χ1n) is 6.29. The van der Waals surface area contributed by atoms with Crippen LogP contribution >= 0.6 is 15.9 Å². The van der Waals surface area contributed by atoms with Gasteiger partial charge in [0.2, 0.25) is 11.7 Å². The Labute approximate surface area is 124 Å². The molecule has 1 fully saturated rings. The highest BCUT2D eigenvalue weighted by Crippen LogP contribution is 2.31. The smallest absolute Gasteiger partial charge is 0.312 e. The van der Waals surface area contributed by atoms with E-state index in [4.69, 9.17) is 0 Å². The number of halogens is 1. The zero-order chi connectivity index (χ0) is 14.7. The minimum atomic E-state index is -0.433. The second-order valence-corrected chi connectivity index (χ2v) is 5.54. The van der Waals surface area contributed by atoms with Crippen LogP contribution in [0.2, 0.25) is 0 Å². The normalized spacial score (nSPS) is 16.0. The van der Waals surface area contributed by atoms with Crippen molar-refractivity contribution in [1.82, 2.24) is 10.3 Å². The van der Waals surface area contributed by atoms with Gasteiger partial charge in [-0.25, -0.2) is 4.98 Å². The molecule has 0 saturated carbocycles. The van der Waals surface area contributed by atoms with Crippen molar-refractivity contribution in [1.29, 1.82) is 0 Å². The van der Waals surface area contributed by atoms with E-state index >= 15 is 0 Å². The van der Waals surface area contributed by atoms with E-state index in [9.17, 15) is 14.9 Å². The molecule has 1 aromatic rings. The number of piperidine rings is 1. The fraction of sp³-hybridized carbons (Fsp3) is 0.500. The van der Waals surface area contributed by atoms with Crippen LogP contribution in [0.3, 0.4) is 0 Å². The van der Waals surface area contributed by atoms with Crippen molar-refractivity contribution in [2.24, 2.45) is 5.92 Å². The van der Waals surface area contributed by atoms with Gasteiger partial charge in [-0.15, -0.1) is 0 Å². The maximum absolute atomic E-state index is 11.6. The topological polar surface area (TPSA) is 88.4 Å². The Bertz CT molecular complexity index is 529. The zero-order valence-corrected chi connectivity index (χ0v) is 12.6. The molecule has 1 aliphatic rings. The van der Waals surface area contributed by atoms with Gasteiger partial charge in [0.25, 0.3) is 0 Å². The first kappa shape index (κ1) is 14.7. The summed E-state index contributed by atoms with van der Waals surface area (Å²) in [5.74, 6) is 0.377. The van der Waals surface area contributed by atoms with Crippen LogP contribution in [0, 0.1) is 16.0 Å². The van der Waals surface area contributed by atoms with Crippen LogP contribution in [0.4, 0.5) is 11.5 Å². The van der Waals surface area contributed by atoms with Gasteiger partial charge in [-0.05, 0) is 28.8 Å². The maximum atomic E-state index is 11.6. The van der Waals surface area contributed by atoms with Gasteiger partial charge in [0.15, 0.2) is 0 Å². The van der Waals surface area contributed by atoms with E-state index in [1.165, 1.54) is 6.07 Å². The molecule has 7 nitrogen and oxygen atoms in total. The molecule has 2 rings (SSSR count). The molecule has 108 valence electrons. The summed E-state index contributed by atoms with van der Waals surface area (Å²) in [6, 6.07) is 1.45. The molecule has 0 bridgehead atoms. The van der Waals surface area contributed by atoms with Crippen molar-refractivity contribution in [2.75, 3.05) is 25.0 Å². The molecule has 1 aliphatic heterocycles. The van der Waals surface area contributed by atoms with E-state index in [1.807, 2.05) is 4.90 Å². The summed E-state index contributed by atoms with van der Waals surface area (Å²) in [6.45, 7) is 1.18. The molecule has 1 N–H and O–H groups in total. The first-order valence-corrected chi connectivity index (χ1v) is 7.08. The number of nitrogens with zero attached hydrogens (tertiary/aromatic N) is 3. The van der Waals surface area contributed by atoms with Crippen LogP contribution in [0.5, 0.6) is 0 Å². The van der Waals surface area contributed by atoms with E-state index in [0.717, 1.165) is 0 Å². The molecule has 1 aromatic heterocycles. The van der Waals surface area contributed by atoms with Crippen molar-refractivity contribution in [2.45, 2.75) is 12.8 Å². The summed E-state index contributed by atoms with van der Waals surface area (Å²) in [6.07, 6.45) is 2.90. The SMILES string of the molecule is CNC(=O)C1CCN(c2ncc(Br)cc2[N+](=O)[O-])CC1. The summed E-state index contributed by atoms with van der Waals surface area (Å²) in [5.41, 5.74) is -0.0160. The minimum Gasteiger partial charge on any atom is -0.359 e. The van der Waals surface area contributed by atoms with Gasteiger partial charge in [0.1, 0.15) is 0 Å². The van der Waals surface area contributed by atoms with Crippen LogP contribution in [0.1, 0.15) is 12.8 Å². The summed E-state index contributed by atoms with van der Waals surface area (Å²) >= 11 is 3.19. The quantitative estimate of drug-likeness (QED) is 0.667. The van der Waals surface area contributed by atoms with Gasteiger partial charge in [0, 0.05) is 42.8 Å². The van der Waals surface area contributed by atoms with Crippen LogP contribution in [0.15, 0.2) is 16.7 Å². The summed E-state index contributed by atoms with van der Waals surface area (Å²) in [4.78, 5) is 28.2. The number of aromatic nitrogens is 1. The molecule has 2 heterocycles. The molecular weight excluding hydrogens is 328 g/mol. The van der Waals surface area contributed by atoms with Crippen molar-refractivity contribution in [3.8, 4) is 0 Å². The molecule has 0 unspecified atom stereocenters. The third-order valence-electron chi connectivity index (χ3n) is 3.42. The van der Waals surface area contributed by atoms with Crippen molar-refractivity contribution < 1.29 is 9.72 Å². The van der Waals surface area contributed by atoms with Gasteiger partial charge < -0.3 is 10.2 Å². The van der Waals surface area contributed by atoms with Crippen LogP contribution in [-0.2, 0) is 4.79 Å². The highest BCUT2D eigenvalue weighted by atomic mass is 79.9. The third-order valence-corrected chi connectivity index (χ3v) is 3.86. The number of hydrogen-bond acceptors (Lipinski definition) is 5. The molecule has 8 heteroatoms. The Hall–Kier alpha value is -1.70. The van der Waals surface area contributed by atoms with Crippen LogP contribution in [0.25, 0.3) is 0 Å². The van der Waals surface area contributed by atoms with Gasteiger partial charge in [-0.2, -0.15) is 0 Å². The standard InChI is InChI=1S/C12H15BrN4O3/c1-14-12(18)8-2-4-16(5-3-8)11-10(17(19)20)6-9(13)7-15-11/h6-8H,2-5H2,1H3,(H,14,18). The molecule has 0 radical (unpaired) electrons. The lowest BCUT2D eigenvalue weighted by Gasteiger charge is -2.31. The van der Waals surface area contributed by atoms with E-state index < -0.39 is 4.92 Å². The minimum absolute atomic E-state index is 0.0160. The molecule has 1 saturated heterocycles. The summed E-state index contributed by atoms with van der Waals surface area (Å²) in [5, 5.41) is 13.7. The number of nitrogens with one attached hydrogen (secondary N) is 1. The summed E-state index contributed by atoms with van der Waals surface area (Å²) in [7, 11) is 1.62. The first-order chi connectivity index (χ1) is 9.52. The third kappa shape index (κ3) is 3.06. The Morgan fingerprint density at radius 1 is 1.55 bits per heavy atom. The summed E-state index contributed by atoms with van der Waals surface area (Å²) < 4.78 is 0.577. The number of anilines is 1. The fourth-order valence-electron chi connectivity index (χ4n) is 2.36. The average molecular weight is 343 g/mol. The van der Waals surface area contributed by atoms with Crippen molar-refractivity contribution in [3.63, 3.8) is 0 Å². The van der Waals surface area contributed by atoms with Crippen molar-refractivity contribution >= 4 is 33.3 Å². The Balaban J connectivity index is 2.15. The van der Waals surface area contributed by atoms with Crippen LogP contribution < -0.4 is 10.2 Å². The highest BCUT2D eigenvalue weighted by Gasteiger charge is 2.28. The second kappa shape index (κ2) is 6.17. The van der Waals surface area contributed by atoms with E-state index in [-0.39, 0.29) is 17.5 Å². The number of amides is 1. The number of carbonyl (C=O) groups is 1. The Morgan fingerprint density at radius 2 is 2.20 bits per heavy atom. The van der Waals surface area contributed by atoms with Crippen molar-refractivity contribution in [3.05, 3.63) is 26.9 Å². The molecule has 0 atom stereocenters. The maximum Gasteiger partial charge on any atom is 0.312 e. The molecule has 1 amide bonds. The number of nitro groups is 1. The van der Waals surface area contributed by atoms with E-state index in [0.29, 0.717) is 36.2 Å². The Kier molecular flexibility index (Phi) is 4.53. The Morgan fingerprint density at radius 3 is 2.75 bits per heavy atom. The predicted molar refractivity (Wildman–Crippen MR) is 77.6 cm³/mol. The monoisotopic (exact) mass is 342 g/mol. The van der Waals surface area contributed by atoms with Gasteiger partial charge in [-0.1, -0.05) is 0 Å². The number of hydrogen-bond donors (Lipinski definition) is 1. The number of carbonyl (C=O) groups excluding carboxylic acids is 1. The fourth-order valence-corrected chi connectivity index (χ4v) is 2.68. The lowest BCUT2D eigenvalue weighted by Crippen LogP contribution is -2.40. The van der Waals surface area contributed by atoms with E-state index in [1.54, 1.807) is 13.2 Å². The number of rotatable bonds is 3. The average Bonchev–Trinajstić information content (AvgIpc) is 2.46. The molecule has 0 aromatic carbocycles. The number of pyridine rings is 1. The van der Waals surface area contributed by atoms with Gasteiger partial charge in [-0.3, -0.25) is 14.9 Å². The lowest BCUT2D eigenvalue weighted by atomic mass is 9.96. The molecular formula is C12H15BrN4O3.